The topological polar surface area (TPSA) is 61.8 Å². The third-order valence-corrected chi connectivity index (χ3v) is 7.76. The molecule has 0 saturated heterocycles. The van der Waals surface area contributed by atoms with Crippen molar-refractivity contribution in [2.75, 3.05) is 6.61 Å². The van der Waals surface area contributed by atoms with Gasteiger partial charge in [0.15, 0.2) is 0 Å². The second-order valence-electron chi connectivity index (χ2n) is 11.0. The van der Waals surface area contributed by atoms with E-state index in [1.807, 2.05) is 0 Å². The van der Waals surface area contributed by atoms with Gasteiger partial charge in [-0.3, -0.25) is 4.79 Å². The summed E-state index contributed by atoms with van der Waals surface area (Å²) in [5.41, 5.74) is 0.457. The van der Waals surface area contributed by atoms with Gasteiger partial charge in [0, 0.05) is 0 Å². The van der Waals surface area contributed by atoms with Gasteiger partial charge in [0.25, 0.3) is 0 Å². The summed E-state index contributed by atoms with van der Waals surface area (Å²) >= 11 is 0. The average molecular weight is 537 g/mol. The van der Waals surface area contributed by atoms with E-state index >= 15 is 0 Å². The lowest BCUT2D eigenvalue weighted by molar-refractivity contribution is -0.140. The molecule has 1 aliphatic rings. The first-order valence-electron chi connectivity index (χ1n) is 15.4. The molecular formula is C34H48O5. The summed E-state index contributed by atoms with van der Waals surface area (Å²) in [6.45, 7) is 5.15. The predicted molar refractivity (Wildman–Crippen MR) is 157 cm³/mol. The van der Waals surface area contributed by atoms with Crippen molar-refractivity contribution >= 4 is 11.9 Å². The Hall–Kier alpha value is -2.82. The van der Waals surface area contributed by atoms with Crippen LogP contribution in [0.4, 0.5) is 0 Å². The lowest BCUT2D eigenvalue weighted by Gasteiger charge is -2.27. The summed E-state index contributed by atoms with van der Waals surface area (Å²) in [5.74, 6) is 1.79. The Morgan fingerprint density at radius 1 is 0.641 bits per heavy atom. The zero-order chi connectivity index (χ0) is 27.7. The summed E-state index contributed by atoms with van der Waals surface area (Å²) in [6.07, 6.45) is 17.9. The molecule has 2 aromatic rings. The number of carbonyl (C=O) groups excluding carboxylic acids is 2. The standard InChI is InChI=1S/C34H48O5/c1-3-5-7-8-9-10-12-26-37-30-20-18-29(19-21-30)34(36)39-32-24-22-31(23-25-32)38-33(35)28-16-14-27(15-17-28)13-11-6-4-2/h18-25,27-28H,3-17,26H2,1-2H3. The number of benzene rings is 2. The molecule has 39 heavy (non-hydrogen) atoms. The van der Waals surface area contributed by atoms with Crippen LogP contribution in [-0.4, -0.2) is 18.5 Å². The monoisotopic (exact) mass is 536 g/mol. The van der Waals surface area contributed by atoms with Crippen molar-refractivity contribution in [2.24, 2.45) is 11.8 Å². The minimum Gasteiger partial charge on any atom is -0.494 e. The number of rotatable bonds is 17. The first-order valence-corrected chi connectivity index (χ1v) is 15.4. The molecule has 214 valence electrons. The highest BCUT2D eigenvalue weighted by molar-refractivity contribution is 5.91. The highest BCUT2D eigenvalue weighted by Gasteiger charge is 2.27. The highest BCUT2D eigenvalue weighted by Crippen LogP contribution is 2.33. The third-order valence-electron chi connectivity index (χ3n) is 7.76. The molecule has 1 fully saturated rings. The minimum absolute atomic E-state index is 0.0209. The van der Waals surface area contributed by atoms with Gasteiger partial charge in [0.1, 0.15) is 17.2 Å². The molecule has 0 aromatic heterocycles. The fourth-order valence-corrected chi connectivity index (χ4v) is 5.25. The molecule has 1 aliphatic carbocycles. The van der Waals surface area contributed by atoms with Gasteiger partial charge in [0.2, 0.25) is 0 Å². The van der Waals surface area contributed by atoms with Crippen LogP contribution in [0.15, 0.2) is 48.5 Å². The van der Waals surface area contributed by atoms with Crippen molar-refractivity contribution in [3.05, 3.63) is 54.1 Å². The molecule has 0 unspecified atom stereocenters. The van der Waals surface area contributed by atoms with E-state index < -0.39 is 5.97 Å². The van der Waals surface area contributed by atoms with Crippen molar-refractivity contribution in [3.8, 4) is 17.2 Å². The van der Waals surface area contributed by atoms with Crippen LogP contribution in [0, 0.1) is 11.8 Å². The fourth-order valence-electron chi connectivity index (χ4n) is 5.25. The van der Waals surface area contributed by atoms with Crippen LogP contribution < -0.4 is 14.2 Å². The molecule has 5 heteroatoms. The molecule has 5 nitrogen and oxygen atoms in total. The fraction of sp³-hybridized carbons (Fsp3) is 0.588. The van der Waals surface area contributed by atoms with Crippen LogP contribution in [0.2, 0.25) is 0 Å². The quantitative estimate of drug-likeness (QED) is 0.114. The summed E-state index contributed by atoms with van der Waals surface area (Å²) < 4.78 is 16.9. The maximum atomic E-state index is 12.6. The van der Waals surface area contributed by atoms with E-state index in [1.54, 1.807) is 48.5 Å². The SMILES string of the molecule is CCCCCCCCCOc1ccc(C(=O)Oc2ccc(OC(=O)C3CCC(CCCCC)CC3)cc2)cc1. The maximum Gasteiger partial charge on any atom is 0.343 e. The number of unbranched alkanes of at least 4 members (excludes halogenated alkanes) is 8. The van der Waals surface area contributed by atoms with E-state index in [2.05, 4.69) is 13.8 Å². The summed E-state index contributed by atoms with van der Waals surface area (Å²) in [7, 11) is 0. The van der Waals surface area contributed by atoms with Gasteiger partial charge in [-0.1, -0.05) is 78.1 Å². The molecule has 0 bridgehead atoms. The number of carbonyl (C=O) groups is 2. The van der Waals surface area contributed by atoms with E-state index in [4.69, 9.17) is 14.2 Å². The first kappa shape index (κ1) is 30.7. The third kappa shape index (κ3) is 11.4. The second kappa shape index (κ2) is 17.7. The van der Waals surface area contributed by atoms with Gasteiger partial charge < -0.3 is 14.2 Å². The Labute approximate surface area is 235 Å². The lowest BCUT2D eigenvalue weighted by Crippen LogP contribution is -2.25. The van der Waals surface area contributed by atoms with E-state index in [0.717, 1.165) is 43.8 Å². The Morgan fingerprint density at radius 2 is 1.18 bits per heavy atom. The van der Waals surface area contributed by atoms with Gasteiger partial charge in [-0.2, -0.15) is 0 Å². The van der Waals surface area contributed by atoms with Gasteiger partial charge in [0.05, 0.1) is 18.1 Å². The first-order chi connectivity index (χ1) is 19.1. The van der Waals surface area contributed by atoms with E-state index in [1.165, 1.54) is 64.2 Å². The average Bonchev–Trinajstić information content (AvgIpc) is 2.96. The van der Waals surface area contributed by atoms with Crippen molar-refractivity contribution in [1.29, 1.82) is 0 Å². The normalized spacial score (nSPS) is 17.0. The zero-order valence-electron chi connectivity index (χ0n) is 24.1. The smallest absolute Gasteiger partial charge is 0.343 e. The number of esters is 2. The van der Waals surface area contributed by atoms with Crippen LogP contribution in [0.3, 0.4) is 0 Å². The summed E-state index contributed by atoms with van der Waals surface area (Å²) in [6, 6.07) is 13.7. The number of ether oxygens (including phenoxy) is 3. The number of hydrogen-bond donors (Lipinski definition) is 0. The van der Waals surface area contributed by atoms with Crippen LogP contribution in [0.25, 0.3) is 0 Å². The molecule has 0 radical (unpaired) electrons. The Bertz CT molecular complexity index is 958. The van der Waals surface area contributed by atoms with Crippen molar-refractivity contribution < 1.29 is 23.8 Å². The molecule has 0 N–H and O–H groups in total. The van der Waals surface area contributed by atoms with Crippen LogP contribution >= 0.6 is 0 Å². The minimum atomic E-state index is -0.436. The van der Waals surface area contributed by atoms with Gasteiger partial charge >= 0.3 is 11.9 Å². The van der Waals surface area contributed by atoms with E-state index in [-0.39, 0.29) is 11.9 Å². The highest BCUT2D eigenvalue weighted by atomic mass is 16.5. The second-order valence-corrected chi connectivity index (χ2v) is 11.0. The molecule has 0 atom stereocenters. The Morgan fingerprint density at radius 3 is 1.82 bits per heavy atom. The van der Waals surface area contributed by atoms with Gasteiger partial charge in [-0.05, 0) is 86.6 Å². The largest absolute Gasteiger partial charge is 0.494 e. The Kier molecular flexibility index (Phi) is 13.9. The lowest BCUT2D eigenvalue weighted by atomic mass is 9.80. The molecular weight excluding hydrogens is 488 g/mol. The van der Waals surface area contributed by atoms with Gasteiger partial charge in [-0.25, -0.2) is 4.79 Å². The number of hydrogen-bond acceptors (Lipinski definition) is 5. The van der Waals surface area contributed by atoms with E-state index in [0.29, 0.717) is 23.7 Å². The summed E-state index contributed by atoms with van der Waals surface area (Å²) in [5, 5.41) is 0. The van der Waals surface area contributed by atoms with Crippen molar-refractivity contribution in [1.82, 2.24) is 0 Å². The van der Waals surface area contributed by atoms with Crippen LogP contribution in [0.1, 0.15) is 121 Å². The summed E-state index contributed by atoms with van der Waals surface area (Å²) in [4.78, 5) is 25.2. The molecule has 2 aromatic carbocycles. The van der Waals surface area contributed by atoms with Crippen molar-refractivity contribution in [3.63, 3.8) is 0 Å². The zero-order valence-corrected chi connectivity index (χ0v) is 24.1. The van der Waals surface area contributed by atoms with Crippen molar-refractivity contribution in [2.45, 2.75) is 110 Å². The molecule has 1 saturated carbocycles. The Balaban J connectivity index is 1.35. The van der Waals surface area contributed by atoms with Crippen LogP contribution in [0.5, 0.6) is 17.2 Å². The molecule has 0 amide bonds. The molecule has 3 rings (SSSR count). The predicted octanol–water partition coefficient (Wildman–Crippen LogP) is 9.33. The maximum absolute atomic E-state index is 12.6. The molecule has 0 heterocycles. The molecule has 0 spiro atoms. The van der Waals surface area contributed by atoms with Crippen LogP contribution in [-0.2, 0) is 4.79 Å². The van der Waals surface area contributed by atoms with Gasteiger partial charge in [-0.15, -0.1) is 0 Å². The molecule has 0 aliphatic heterocycles. The van der Waals surface area contributed by atoms with E-state index in [9.17, 15) is 9.59 Å².